The van der Waals surface area contributed by atoms with Gasteiger partial charge in [-0.05, 0) is 52.8 Å². The number of carboxylic acid groups (broad SMARTS) is 1. The Morgan fingerprint density at radius 3 is 2.38 bits per heavy atom. The number of nitrogens with zero attached hydrogens (tertiary/aromatic N) is 1. The summed E-state index contributed by atoms with van der Waals surface area (Å²) in [5.74, 6) is -0.607. The summed E-state index contributed by atoms with van der Waals surface area (Å²) in [7, 11) is 4.23. The van der Waals surface area contributed by atoms with Gasteiger partial charge in [0.15, 0.2) is 11.5 Å². The summed E-state index contributed by atoms with van der Waals surface area (Å²) in [5.41, 5.74) is 0.718. The van der Waals surface area contributed by atoms with Crippen LogP contribution in [0.3, 0.4) is 0 Å². The number of aromatic carboxylic acids is 1. The van der Waals surface area contributed by atoms with Crippen molar-refractivity contribution in [2.75, 3.05) is 14.1 Å². The maximum Gasteiger partial charge on any atom is 0.336 e. The van der Waals surface area contributed by atoms with Crippen molar-refractivity contribution in [2.45, 2.75) is 51.4 Å². The monoisotopic (exact) mass is 353 g/mol. The van der Waals surface area contributed by atoms with E-state index in [9.17, 15) is 9.90 Å². The lowest BCUT2D eigenvalue weighted by atomic mass is 9.81. The molecule has 0 aromatic heterocycles. The lowest BCUT2D eigenvalue weighted by Crippen LogP contribution is -2.46. The average Bonchev–Trinajstić information content (AvgIpc) is 2.91. The van der Waals surface area contributed by atoms with Crippen molar-refractivity contribution in [1.82, 2.24) is 4.90 Å². The Kier molecular flexibility index (Phi) is 4.43. The van der Waals surface area contributed by atoms with Gasteiger partial charge < -0.3 is 19.5 Å². The van der Waals surface area contributed by atoms with Gasteiger partial charge in [-0.3, -0.25) is 0 Å². The maximum atomic E-state index is 11.4. The fourth-order valence-corrected chi connectivity index (χ4v) is 4.08. The van der Waals surface area contributed by atoms with Crippen LogP contribution in [0.4, 0.5) is 0 Å². The smallest absolute Gasteiger partial charge is 0.336 e. The molecular weight excluding hydrogens is 330 g/mol. The van der Waals surface area contributed by atoms with Crippen LogP contribution in [0.15, 0.2) is 6.07 Å². The van der Waals surface area contributed by atoms with Crippen LogP contribution in [0.25, 0.3) is 0 Å². The van der Waals surface area contributed by atoms with Gasteiger partial charge in [-0.1, -0.05) is 11.6 Å². The van der Waals surface area contributed by atoms with Crippen molar-refractivity contribution >= 4 is 17.6 Å². The molecule has 5 nitrogen and oxygen atoms in total. The molecule has 1 aromatic rings. The summed E-state index contributed by atoms with van der Waals surface area (Å²) in [6, 6.07) is 2.04. The second kappa shape index (κ2) is 6.12. The minimum absolute atomic E-state index is 0.155. The molecule has 1 atom stereocenters. The number of ether oxygens (including phenoxy) is 2. The standard InChI is InChI=1S/C18H24ClNO4/c1-10-13(17(21)22)9-14(19)16-15(10)23-18(2,24-16)11-5-7-12(8-6-11)20(3)4/h9,11-12H,5-8H2,1-4H3,(H,21,22)/t11-,12-,18-/m1/s1. The van der Waals surface area contributed by atoms with Crippen LogP contribution in [0.5, 0.6) is 11.5 Å². The molecule has 1 N–H and O–H groups in total. The highest BCUT2D eigenvalue weighted by molar-refractivity contribution is 6.32. The third kappa shape index (κ3) is 2.84. The Labute approximate surface area is 147 Å². The van der Waals surface area contributed by atoms with E-state index in [0.717, 1.165) is 25.7 Å². The van der Waals surface area contributed by atoms with Gasteiger partial charge in [0.2, 0.25) is 0 Å². The molecule has 1 heterocycles. The zero-order chi connectivity index (χ0) is 17.6. The summed E-state index contributed by atoms with van der Waals surface area (Å²) in [6.07, 6.45) is 4.22. The lowest BCUT2D eigenvalue weighted by molar-refractivity contribution is -0.123. The third-order valence-corrected chi connectivity index (χ3v) is 5.73. The highest BCUT2D eigenvalue weighted by Crippen LogP contribution is 2.51. The molecule has 0 radical (unpaired) electrons. The second-order valence-corrected chi connectivity index (χ2v) is 7.59. The van der Waals surface area contributed by atoms with Gasteiger partial charge in [0.1, 0.15) is 0 Å². The number of hydrogen-bond donors (Lipinski definition) is 1. The van der Waals surface area contributed by atoms with Crippen molar-refractivity contribution < 1.29 is 19.4 Å². The predicted octanol–water partition coefficient (Wildman–Crippen LogP) is 3.95. The molecule has 0 spiro atoms. The lowest BCUT2D eigenvalue weighted by Gasteiger charge is -2.39. The Morgan fingerprint density at radius 2 is 1.83 bits per heavy atom. The van der Waals surface area contributed by atoms with Crippen LogP contribution in [-0.2, 0) is 0 Å². The van der Waals surface area contributed by atoms with E-state index in [1.807, 2.05) is 6.92 Å². The molecule has 132 valence electrons. The van der Waals surface area contributed by atoms with E-state index >= 15 is 0 Å². The van der Waals surface area contributed by atoms with E-state index < -0.39 is 11.8 Å². The molecule has 1 aromatic carbocycles. The Balaban J connectivity index is 1.84. The summed E-state index contributed by atoms with van der Waals surface area (Å²) >= 11 is 6.25. The zero-order valence-corrected chi connectivity index (χ0v) is 15.3. The Hall–Kier alpha value is -1.46. The van der Waals surface area contributed by atoms with Crippen molar-refractivity contribution in [1.29, 1.82) is 0 Å². The van der Waals surface area contributed by atoms with Crippen LogP contribution in [0.2, 0.25) is 5.02 Å². The first-order chi connectivity index (χ1) is 11.2. The molecule has 6 heteroatoms. The van der Waals surface area contributed by atoms with Crippen molar-refractivity contribution in [3.8, 4) is 11.5 Å². The molecule has 3 rings (SSSR count). The van der Waals surface area contributed by atoms with Gasteiger partial charge in [-0.2, -0.15) is 0 Å². The first-order valence-corrected chi connectivity index (χ1v) is 8.71. The number of hydrogen-bond acceptors (Lipinski definition) is 4. The average molecular weight is 354 g/mol. The molecule has 1 fully saturated rings. The van der Waals surface area contributed by atoms with E-state index in [2.05, 4.69) is 19.0 Å². The van der Waals surface area contributed by atoms with E-state index in [4.69, 9.17) is 21.1 Å². The molecule has 1 saturated carbocycles. The van der Waals surface area contributed by atoms with Gasteiger partial charge in [0.25, 0.3) is 5.79 Å². The van der Waals surface area contributed by atoms with Crippen LogP contribution >= 0.6 is 11.6 Å². The first kappa shape index (κ1) is 17.4. The highest BCUT2D eigenvalue weighted by Gasteiger charge is 2.47. The number of fused-ring (bicyclic) bond motifs is 1. The van der Waals surface area contributed by atoms with Crippen molar-refractivity contribution in [3.63, 3.8) is 0 Å². The van der Waals surface area contributed by atoms with E-state index in [-0.39, 0.29) is 11.5 Å². The molecule has 0 bridgehead atoms. The van der Waals surface area contributed by atoms with Crippen LogP contribution in [0, 0.1) is 12.8 Å². The molecule has 24 heavy (non-hydrogen) atoms. The van der Waals surface area contributed by atoms with Crippen LogP contribution in [-0.4, -0.2) is 41.9 Å². The van der Waals surface area contributed by atoms with Crippen LogP contribution < -0.4 is 9.47 Å². The van der Waals surface area contributed by atoms with E-state index in [0.29, 0.717) is 28.1 Å². The van der Waals surface area contributed by atoms with E-state index in [1.165, 1.54) is 6.07 Å². The quantitative estimate of drug-likeness (QED) is 0.891. The molecule has 1 aliphatic heterocycles. The fraction of sp³-hybridized carbons (Fsp3) is 0.611. The molecular formula is C18H24ClNO4. The topological polar surface area (TPSA) is 59.0 Å². The van der Waals surface area contributed by atoms with Crippen molar-refractivity contribution in [3.05, 3.63) is 22.2 Å². The highest BCUT2D eigenvalue weighted by atomic mass is 35.5. The molecule has 2 aliphatic rings. The van der Waals surface area contributed by atoms with Gasteiger partial charge in [-0.15, -0.1) is 0 Å². The van der Waals surface area contributed by atoms with Gasteiger partial charge in [0.05, 0.1) is 10.6 Å². The Bertz CT molecular complexity index is 667. The maximum absolute atomic E-state index is 11.4. The molecule has 1 aliphatic carbocycles. The number of benzene rings is 1. The number of carboxylic acids is 1. The number of rotatable bonds is 3. The molecule has 0 unspecified atom stereocenters. The zero-order valence-electron chi connectivity index (χ0n) is 14.6. The summed E-state index contributed by atoms with van der Waals surface area (Å²) < 4.78 is 12.3. The van der Waals surface area contributed by atoms with Gasteiger partial charge in [0, 0.05) is 24.4 Å². The summed E-state index contributed by atoms with van der Waals surface area (Å²) in [4.78, 5) is 13.6. The van der Waals surface area contributed by atoms with Crippen molar-refractivity contribution in [2.24, 2.45) is 5.92 Å². The molecule has 0 amide bonds. The SMILES string of the molecule is Cc1c(C(=O)O)cc(Cl)c2c1O[C@@](C)([C@H]1CC[C@H](N(C)C)CC1)O2. The first-order valence-electron chi connectivity index (χ1n) is 8.33. The summed E-state index contributed by atoms with van der Waals surface area (Å²) in [5, 5.41) is 9.61. The van der Waals surface area contributed by atoms with Crippen LogP contribution in [0.1, 0.15) is 48.5 Å². The minimum atomic E-state index is -1.01. The van der Waals surface area contributed by atoms with Gasteiger partial charge >= 0.3 is 5.97 Å². The number of halogens is 1. The largest absolute Gasteiger partial charge is 0.478 e. The summed E-state index contributed by atoms with van der Waals surface area (Å²) in [6.45, 7) is 3.67. The normalized spacial score (nSPS) is 29.1. The number of carbonyl (C=O) groups is 1. The predicted molar refractivity (Wildman–Crippen MR) is 92.2 cm³/mol. The Morgan fingerprint density at radius 1 is 1.25 bits per heavy atom. The molecule has 0 saturated heterocycles. The van der Waals surface area contributed by atoms with Gasteiger partial charge in [-0.25, -0.2) is 4.79 Å². The second-order valence-electron chi connectivity index (χ2n) is 7.18. The fourth-order valence-electron chi connectivity index (χ4n) is 3.85. The van der Waals surface area contributed by atoms with E-state index in [1.54, 1.807) is 6.92 Å². The minimum Gasteiger partial charge on any atom is -0.478 e. The third-order valence-electron chi connectivity index (χ3n) is 5.45.